The van der Waals surface area contributed by atoms with Crippen LogP contribution >= 0.6 is 0 Å². The lowest BCUT2D eigenvalue weighted by Gasteiger charge is -2.27. The van der Waals surface area contributed by atoms with Gasteiger partial charge in [-0.2, -0.15) is 0 Å². The van der Waals surface area contributed by atoms with E-state index in [9.17, 15) is 9.59 Å². The molecule has 0 bridgehead atoms. The van der Waals surface area contributed by atoms with Crippen LogP contribution in [0.2, 0.25) is 0 Å². The molecule has 5 heteroatoms. The number of aliphatic carboxylic acids is 1. The van der Waals surface area contributed by atoms with E-state index in [1.807, 2.05) is 17.0 Å². The monoisotopic (exact) mass is 291 g/mol. The van der Waals surface area contributed by atoms with Gasteiger partial charge in [-0.3, -0.25) is 9.69 Å². The highest BCUT2D eigenvalue weighted by atomic mass is 16.5. The number of hydrogen-bond donors (Lipinski definition) is 1. The molecule has 0 saturated heterocycles. The van der Waals surface area contributed by atoms with Crippen LogP contribution < -0.4 is 0 Å². The van der Waals surface area contributed by atoms with Crippen LogP contribution in [0, 0.1) is 0 Å². The fraction of sp³-hybridized carbons (Fsp3) is 0.500. The number of nitrogens with zero attached hydrogens (tertiary/aromatic N) is 1. The molecule has 2 rings (SSSR count). The molecule has 0 aliphatic heterocycles. The first-order chi connectivity index (χ1) is 10.1. The Balaban J connectivity index is 2.05. The summed E-state index contributed by atoms with van der Waals surface area (Å²) in [5.74, 6) is -1.16. The zero-order chi connectivity index (χ0) is 15.2. The number of carbonyl (C=O) groups excluding carboxylic acids is 1. The van der Waals surface area contributed by atoms with Crippen molar-refractivity contribution in [2.45, 2.75) is 38.3 Å². The Bertz CT molecular complexity index is 492. The van der Waals surface area contributed by atoms with Crippen molar-refractivity contribution in [1.82, 2.24) is 4.90 Å². The van der Waals surface area contributed by atoms with Crippen LogP contribution in [0.3, 0.4) is 0 Å². The second-order valence-corrected chi connectivity index (χ2v) is 5.43. The summed E-state index contributed by atoms with van der Waals surface area (Å²) in [6.07, 6.45) is 4.46. The summed E-state index contributed by atoms with van der Waals surface area (Å²) < 4.78 is 4.66. The van der Waals surface area contributed by atoms with Crippen LogP contribution in [0.5, 0.6) is 0 Å². The Morgan fingerprint density at radius 3 is 2.38 bits per heavy atom. The maximum absolute atomic E-state index is 11.4. The Morgan fingerprint density at radius 2 is 1.86 bits per heavy atom. The van der Waals surface area contributed by atoms with Gasteiger partial charge >= 0.3 is 11.9 Å². The lowest BCUT2D eigenvalue weighted by atomic mass is 10.1. The zero-order valence-electron chi connectivity index (χ0n) is 12.2. The van der Waals surface area contributed by atoms with E-state index in [1.54, 1.807) is 12.1 Å². The van der Waals surface area contributed by atoms with Gasteiger partial charge in [0, 0.05) is 12.6 Å². The second-order valence-electron chi connectivity index (χ2n) is 5.43. The van der Waals surface area contributed by atoms with Crippen molar-refractivity contribution in [1.29, 1.82) is 0 Å². The summed E-state index contributed by atoms with van der Waals surface area (Å²) in [6, 6.07) is 7.50. The van der Waals surface area contributed by atoms with Gasteiger partial charge in [-0.1, -0.05) is 25.0 Å². The fourth-order valence-corrected chi connectivity index (χ4v) is 2.86. The van der Waals surface area contributed by atoms with Gasteiger partial charge in [0.1, 0.15) is 0 Å². The van der Waals surface area contributed by atoms with Gasteiger partial charge in [0.25, 0.3) is 0 Å². The predicted molar refractivity (Wildman–Crippen MR) is 78.1 cm³/mol. The molecule has 1 aromatic rings. The van der Waals surface area contributed by atoms with Gasteiger partial charge < -0.3 is 9.84 Å². The Labute approximate surface area is 124 Å². The third-order valence-corrected chi connectivity index (χ3v) is 3.94. The van der Waals surface area contributed by atoms with Crippen LogP contribution in [0.15, 0.2) is 24.3 Å². The number of carboxylic acid groups (broad SMARTS) is 1. The van der Waals surface area contributed by atoms with Gasteiger partial charge in [-0.05, 0) is 30.5 Å². The first-order valence-electron chi connectivity index (χ1n) is 7.23. The molecule has 1 aliphatic rings. The minimum atomic E-state index is -0.798. The minimum Gasteiger partial charge on any atom is -0.480 e. The topological polar surface area (TPSA) is 66.8 Å². The summed E-state index contributed by atoms with van der Waals surface area (Å²) >= 11 is 0. The van der Waals surface area contributed by atoms with Crippen molar-refractivity contribution in [3.63, 3.8) is 0 Å². The number of hydrogen-bond acceptors (Lipinski definition) is 4. The van der Waals surface area contributed by atoms with E-state index in [0.717, 1.165) is 18.4 Å². The van der Waals surface area contributed by atoms with Crippen LogP contribution in [0.4, 0.5) is 0 Å². The van der Waals surface area contributed by atoms with E-state index in [1.165, 1.54) is 20.0 Å². The van der Waals surface area contributed by atoms with Crippen molar-refractivity contribution in [2.24, 2.45) is 0 Å². The number of methoxy groups -OCH3 is 1. The van der Waals surface area contributed by atoms with Crippen LogP contribution in [0.1, 0.15) is 41.6 Å². The Hall–Kier alpha value is -1.88. The molecular formula is C16H21NO4. The number of carboxylic acids is 1. The molecule has 0 unspecified atom stereocenters. The van der Waals surface area contributed by atoms with Crippen LogP contribution in [-0.4, -0.2) is 41.6 Å². The third-order valence-electron chi connectivity index (χ3n) is 3.94. The average molecular weight is 291 g/mol. The summed E-state index contributed by atoms with van der Waals surface area (Å²) in [5.41, 5.74) is 1.52. The van der Waals surface area contributed by atoms with Gasteiger partial charge in [-0.25, -0.2) is 4.79 Å². The minimum absolute atomic E-state index is 0.0589. The second kappa shape index (κ2) is 7.22. The number of esters is 1. The van der Waals surface area contributed by atoms with E-state index in [-0.39, 0.29) is 12.5 Å². The molecular weight excluding hydrogens is 270 g/mol. The molecule has 1 aliphatic carbocycles. The standard InChI is InChI=1S/C16H21NO4/c1-21-16(20)13-8-6-12(7-9-13)10-17(11-15(18)19)14-4-2-3-5-14/h6-9,14H,2-5,10-11H2,1H3,(H,18,19). The van der Waals surface area contributed by atoms with Crippen LogP contribution in [-0.2, 0) is 16.1 Å². The Morgan fingerprint density at radius 1 is 1.24 bits per heavy atom. The fourth-order valence-electron chi connectivity index (χ4n) is 2.86. The summed E-state index contributed by atoms with van der Waals surface area (Å²) in [7, 11) is 1.35. The van der Waals surface area contributed by atoms with Gasteiger partial charge in [0.05, 0.1) is 19.2 Å². The molecule has 0 aromatic heterocycles. The molecule has 0 spiro atoms. The molecule has 1 aromatic carbocycles. The maximum Gasteiger partial charge on any atom is 0.337 e. The largest absolute Gasteiger partial charge is 0.480 e. The highest BCUT2D eigenvalue weighted by Gasteiger charge is 2.24. The van der Waals surface area contributed by atoms with E-state index in [2.05, 4.69) is 4.74 Å². The van der Waals surface area contributed by atoms with E-state index in [0.29, 0.717) is 18.2 Å². The number of ether oxygens (including phenoxy) is 1. The molecule has 0 heterocycles. The SMILES string of the molecule is COC(=O)c1ccc(CN(CC(=O)O)C2CCCC2)cc1. The molecule has 0 amide bonds. The van der Waals surface area contributed by atoms with Gasteiger partial charge in [-0.15, -0.1) is 0 Å². The number of carbonyl (C=O) groups is 2. The van der Waals surface area contributed by atoms with Crippen molar-refractivity contribution >= 4 is 11.9 Å². The molecule has 1 N–H and O–H groups in total. The smallest absolute Gasteiger partial charge is 0.337 e. The normalized spacial score (nSPS) is 15.3. The van der Waals surface area contributed by atoms with Crippen molar-refractivity contribution in [3.8, 4) is 0 Å². The predicted octanol–water partition coefficient (Wildman–Crippen LogP) is 2.30. The van der Waals surface area contributed by atoms with Crippen molar-refractivity contribution < 1.29 is 19.4 Å². The molecule has 1 saturated carbocycles. The maximum atomic E-state index is 11.4. The number of benzene rings is 1. The molecule has 114 valence electrons. The van der Waals surface area contributed by atoms with Gasteiger partial charge in [0.15, 0.2) is 0 Å². The van der Waals surface area contributed by atoms with Crippen molar-refractivity contribution in [3.05, 3.63) is 35.4 Å². The molecule has 5 nitrogen and oxygen atoms in total. The van der Waals surface area contributed by atoms with Crippen LogP contribution in [0.25, 0.3) is 0 Å². The lowest BCUT2D eigenvalue weighted by molar-refractivity contribution is -0.139. The molecule has 21 heavy (non-hydrogen) atoms. The van der Waals surface area contributed by atoms with Crippen molar-refractivity contribution in [2.75, 3.05) is 13.7 Å². The summed E-state index contributed by atoms with van der Waals surface area (Å²) in [6.45, 7) is 0.655. The lowest BCUT2D eigenvalue weighted by Crippen LogP contribution is -2.37. The van der Waals surface area contributed by atoms with E-state index < -0.39 is 5.97 Å². The van der Waals surface area contributed by atoms with E-state index in [4.69, 9.17) is 5.11 Å². The summed E-state index contributed by atoms with van der Waals surface area (Å²) in [5, 5.41) is 9.07. The first kappa shape index (κ1) is 15.5. The zero-order valence-corrected chi connectivity index (χ0v) is 12.2. The third kappa shape index (κ3) is 4.29. The average Bonchev–Trinajstić information content (AvgIpc) is 3.00. The quantitative estimate of drug-likeness (QED) is 0.815. The summed E-state index contributed by atoms with van der Waals surface area (Å²) in [4.78, 5) is 24.4. The van der Waals surface area contributed by atoms with E-state index >= 15 is 0 Å². The molecule has 0 radical (unpaired) electrons. The molecule has 0 atom stereocenters. The first-order valence-corrected chi connectivity index (χ1v) is 7.23. The highest BCUT2D eigenvalue weighted by molar-refractivity contribution is 5.89. The Kier molecular flexibility index (Phi) is 5.33. The molecule has 1 fully saturated rings. The number of rotatable bonds is 6. The van der Waals surface area contributed by atoms with Gasteiger partial charge in [0.2, 0.25) is 0 Å². The highest BCUT2D eigenvalue weighted by Crippen LogP contribution is 2.24.